The molecule has 0 atom stereocenters. The Labute approximate surface area is 307 Å². The van der Waals surface area contributed by atoms with Gasteiger partial charge in [0.2, 0.25) is 0 Å². The van der Waals surface area contributed by atoms with Crippen LogP contribution in [0.1, 0.15) is 271 Å². The second-order valence-electron chi connectivity index (χ2n) is 16.0. The fraction of sp³-hybridized carbons (Fsp3) is 0.957. The highest BCUT2D eigenvalue weighted by Gasteiger charge is 2.05. The van der Waals surface area contributed by atoms with E-state index in [1.54, 1.807) is 0 Å². The van der Waals surface area contributed by atoms with Crippen molar-refractivity contribution in [3.63, 3.8) is 0 Å². The lowest BCUT2D eigenvalue weighted by Gasteiger charge is -2.22. The molecule has 0 aromatic heterocycles. The lowest BCUT2D eigenvalue weighted by molar-refractivity contribution is 0.254. The van der Waals surface area contributed by atoms with Crippen LogP contribution in [0.25, 0.3) is 0 Å². The van der Waals surface area contributed by atoms with Crippen LogP contribution in [0.3, 0.4) is 0 Å². The maximum Gasteiger partial charge on any atom is -0.00187 e. The Hall–Kier alpha value is -0.300. The number of unbranched alkanes of at least 4 members (excludes halogenated alkanes) is 37. The Morgan fingerprint density at radius 1 is 0.271 bits per heavy atom. The first-order valence-corrected chi connectivity index (χ1v) is 23.2. The fourth-order valence-corrected chi connectivity index (χ4v) is 7.61. The van der Waals surface area contributed by atoms with Crippen molar-refractivity contribution in [2.75, 3.05) is 19.6 Å². The van der Waals surface area contributed by atoms with Gasteiger partial charge in [0.1, 0.15) is 0 Å². The Kier molecular flexibility index (Phi) is 44.4. The molecule has 0 saturated carbocycles. The minimum absolute atomic E-state index is 1.20. The molecule has 0 fully saturated rings. The van der Waals surface area contributed by atoms with Crippen LogP contribution in [0, 0.1) is 0 Å². The predicted molar refractivity (Wildman–Crippen MR) is 223 cm³/mol. The number of hydrogen-bond acceptors (Lipinski definition) is 1. The molecule has 0 aliphatic heterocycles. The molecule has 0 radical (unpaired) electrons. The summed E-state index contributed by atoms with van der Waals surface area (Å²) in [5, 5.41) is 0. The largest absolute Gasteiger partial charge is 0.303 e. The van der Waals surface area contributed by atoms with E-state index in [-0.39, 0.29) is 0 Å². The second kappa shape index (κ2) is 44.7. The zero-order valence-electron chi connectivity index (χ0n) is 34.1. The van der Waals surface area contributed by atoms with Gasteiger partial charge in [-0.2, -0.15) is 0 Å². The lowest BCUT2D eigenvalue weighted by Crippen LogP contribution is -2.27. The zero-order chi connectivity index (χ0) is 34.7. The summed E-state index contributed by atoms with van der Waals surface area (Å²) in [6, 6.07) is 0. The molecule has 0 amide bonds. The number of allylic oxidation sites excluding steroid dienone is 1. The molecule has 288 valence electrons. The van der Waals surface area contributed by atoms with Crippen molar-refractivity contribution in [1.29, 1.82) is 0 Å². The van der Waals surface area contributed by atoms with Gasteiger partial charge >= 0.3 is 0 Å². The van der Waals surface area contributed by atoms with Crippen LogP contribution < -0.4 is 0 Å². The molecule has 1 heteroatoms. The van der Waals surface area contributed by atoms with Crippen molar-refractivity contribution < 1.29 is 0 Å². The van der Waals surface area contributed by atoms with Crippen LogP contribution in [0.5, 0.6) is 0 Å². The summed E-state index contributed by atoms with van der Waals surface area (Å²) in [6.45, 7) is 12.6. The van der Waals surface area contributed by atoms with Crippen LogP contribution in [-0.2, 0) is 0 Å². The van der Waals surface area contributed by atoms with Gasteiger partial charge < -0.3 is 4.90 Å². The van der Waals surface area contributed by atoms with Gasteiger partial charge in [-0.25, -0.2) is 0 Å². The van der Waals surface area contributed by atoms with Gasteiger partial charge in [0.25, 0.3) is 0 Å². The maximum absolute atomic E-state index is 3.86. The second-order valence-corrected chi connectivity index (χ2v) is 16.0. The number of hydrogen-bond donors (Lipinski definition) is 0. The van der Waals surface area contributed by atoms with Gasteiger partial charge in [0.15, 0.2) is 0 Å². The molecule has 0 rings (SSSR count). The summed E-state index contributed by atoms with van der Waals surface area (Å²) in [5.41, 5.74) is 0. The lowest BCUT2D eigenvalue weighted by atomic mass is 10.0. The van der Waals surface area contributed by atoms with Crippen molar-refractivity contribution in [3.8, 4) is 0 Å². The van der Waals surface area contributed by atoms with E-state index in [9.17, 15) is 0 Å². The van der Waals surface area contributed by atoms with E-state index in [0.717, 1.165) is 0 Å². The van der Waals surface area contributed by atoms with Gasteiger partial charge in [0, 0.05) is 0 Å². The Morgan fingerprint density at radius 3 is 0.667 bits per heavy atom. The van der Waals surface area contributed by atoms with E-state index in [1.807, 2.05) is 0 Å². The highest BCUT2D eigenvalue weighted by atomic mass is 15.1. The summed E-state index contributed by atoms with van der Waals surface area (Å²) in [5.74, 6) is 0. The predicted octanol–water partition coefficient (Wildman–Crippen LogP) is 17.1. The fourth-order valence-electron chi connectivity index (χ4n) is 7.61. The van der Waals surface area contributed by atoms with Crippen molar-refractivity contribution in [3.05, 3.63) is 12.7 Å². The summed E-state index contributed by atoms with van der Waals surface area (Å²) >= 11 is 0. The van der Waals surface area contributed by atoms with Crippen molar-refractivity contribution in [2.45, 2.75) is 271 Å². The molecule has 0 saturated heterocycles. The van der Waals surface area contributed by atoms with E-state index in [2.05, 4.69) is 31.4 Å². The normalized spacial score (nSPS) is 11.6. The minimum atomic E-state index is 1.20. The van der Waals surface area contributed by atoms with Gasteiger partial charge in [-0.1, -0.05) is 245 Å². The molecule has 1 nitrogen and oxygen atoms in total. The van der Waals surface area contributed by atoms with Crippen molar-refractivity contribution in [2.24, 2.45) is 0 Å². The van der Waals surface area contributed by atoms with E-state index >= 15 is 0 Å². The molecule has 0 heterocycles. The third-order valence-electron chi connectivity index (χ3n) is 11.0. The van der Waals surface area contributed by atoms with Crippen LogP contribution in [-0.4, -0.2) is 24.5 Å². The highest BCUT2D eigenvalue weighted by molar-refractivity contribution is 4.65. The summed E-state index contributed by atoms with van der Waals surface area (Å²) < 4.78 is 0. The Balaban J connectivity index is 3.84. The average molecular weight is 674 g/mol. The molecule has 0 N–H and O–H groups in total. The third kappa shape index (κ3) is 41.9. The van der Waals surface area contributed by atoms with Gasteiger partial charge in [-0.15, -0.1) is 6.58 Å². The standard InChI is InChI=1S/C47H95N/c1-4-7-10-13-16-19-21-23-25-27-29-31-34-37-40-43-46-48(45-42-39-36-33-18-15-12-9-6-3)47-44-41-38-35-32-30-28-26-24-22-20-17-14-11-8-5-2/h6H,3-5,7-47H2,1-2H3. The van der Waals surface area contributed by atoms with E-state index < -0.39 is 0 Å². The molecule has 0 aliphatic carbocycles. The quantitative estimate of drug-likeness (QED) is 0.0459. The molecular weight excluding hydrogens is 579 g/mol. The topological polar surface area (TPSA) is 3.24 Å². The first-order valence-electron chi connectivity index (χ1n) is 23.2. The molecular formula is C47H95N. The molecule has 0 bridgehead atoms. The van der Waals surface area contributed by atoms with Crippen LogP contribution in [0.2, 0.25) is 0 Å². The van der Waals surface area contributed by atoms with Crippen LogP contribution in [0.4, 0.5) is 0 Å². The third-order valence-corrected chi connectivity index (χ3v) is 11.0. The molecule has 0 aliphatic rings. The zero-order valence-corrected chi connectivity index (χ0v) is 34.1. The summed E-state index contributed by atoms with van der Waals surface area (Å²) in [4.78, 5) is 2.86. The Morgan fingerprint density at radius 2 is 0.458 bits per heavy atom. The molecule has 0 spiro atoms. The average Bonchev–Trinajstić information content (AvgIpc) is 3.10. The van der Waals surface area contributed by atoms with Crippen molar-refractivity contribution >= 4 is 0 Å². The molecule has 0 unspecified atom stereocenters. The van der Waals surface area contributed by atoms with Gasteiger partial charge in [0.05, 0.1) is 0 Å². The highest BCUT2D eigenvalue weighted by Crippen LogP contribution is 2.16. The molecule has 0 aromatic rings. The first kappa shape index (κ1) is 47.7. The minimum Gasteiger partial charge on any atom is -0.303 e. The molecule has 48 heavy (non-hydrogen) atoms. The smallest absolute Gasteiger partial charge is 0.00187 e. The number of nitrogens with zero attached hydrogens (tertiary/aromatic N) is 1. The molecule has 0 aromatic carbocycles. The van der Waals surface area contributed by atoms with Crippen LogP contribution >= 0.6 is 0 Å². The van der Waals surface area contributed by atoms with Crippen LogP contribution in [0.15, 0.2) is 12.7 Å². The Bertz CT molecular complexity index is 519. The summed E-state index contributed by atoms with van der Waals surface area (Å²) in [7, 11) is 0. The summed E-state index contributed by atoms with van der Waals surface area (Å²) in [6.07, 6.45) is 60.1. The van der Waals surface area contributed by atoms with Crippen molar-refractivity contribution in [1.82, 2.24) is 4.90 Å². The number of rotatable bonds is 44. The first-order chi connectivity index (χ1) is 23.8. The SMILES string of the molecule is C=CCCCCCCCCCN(CCCCCCCCCCCCCCCCCC)CCCCCCCCCCCCCCCCCC. The van der Waals surface area contributed by atoms with Gasteiger partial charge in [-0.3, -0.25) is 0 Å². The maximum atomic E-state index is 3.86. The van der Waals surface area contributed by atoms with Gasteiger partial charge in [-0.05, 0) is 51.7 Å². The van der Waals surface area contributed by atoms with E-state index in [4.69, 9.17) is 0 Å². The van der Waals surface area contributed by atoms with E-state index in [0.29, 0.717) is 0 Å². The monoisotopic (exact) mass is 674 g/mol. The van der Waals surface area contributed by atoms with E-state index in [1.165, 1.54) is 276 Å².